The quantitative estimate of drug-likeness (QED) is 0.126. The van der Waals surface area contributed by atoms with Crippen molar-refractivity contribution in [2.75, 3.05) is 12.4 Å². The Bertz CT molecular complexity index is 1590. The van der Waals surface area contributed by atoms with Crippen molar-refractivity contribution in [3.05, 3.63) is 47.8 Å². The number of rotatable bonds is 17. The Balaban J connectivity index is 1.83. The van der Waals surface area contributed by atoms with Gasteiger partial charge in [0.15, 0.2) is 11.5 Å². The van der Waals surface area contributed by atoms with Crippen LogP contribution in [0.25, 0.3) is 0 Å². The topological polar surface area (TPSA) is 192 Å². The van der Waals surface area contributed by atoms with Gasteiger partial charge in [-0.3, -0.25) is 38.5 Å². The molecule has 0 unspecified atom stereocenters. The molecule has 0 bridgehead atoms. The Morgan fingerprint density at radius 3 is 2.14 bits per heavy atom. The molecule has 2 N–H and O–H groups in total. The van der Waals surface area contributed by atoms with E-state index in [2.05, 4.69) is 10.3 Å². The van der Waals surface area contributed by atoms with Crippen LogP contribution in [0.2, 0.25) is 0 Å². The minimum absolute atomic E-state index is 0.00257. The molecule has 1 aromatic carbocycles. The lowest BCUT2D eigenvalue weighted by Gasteiger charge is -2.29. The predicted molar refractivity (Wildman–Crippen MR) is 185 cm³/mol. The number of anilines is 1. The highest BCUT2D eigenvalue weighted by Gasteiger charge is 2.46. The van der Waals surface area contributed by atoms with Crippen LogP contribution in [-0.2, 0) is 44.7 Å². The maximum Gasteiger partial charge on any atom is 0.311 e. The van der Waals surface area contributed by atoms with Gasteiger partial charge in [0.25, 0.3) is 0 Å². The molecule has 276 valence electrons. The second-order valence-corrected chi connectivity index (χ2v) is 13.2. The number of Topliss-reactive ketones (excluding diaryl/α,β-unsaturated/α-hetero) is 4. The van der Waals surface area contributed by atoms with Crippen LogP contribution in [0.5, 0.6) is 11.5 Å². The molecule has 51 heavy (non-hydrogen) atoms. The molecule has 1 saturated carbocycles. The largest absolute Gasteiger partial charge is 0.491 e. The molecule has 1 aromatic heterocycles. The summed E-state index contributed by atoms with van der Waals surface area (Å²) in [7, 11) is 1.32. The monoisotopic (exact) mass is 708 g/mol. The SMILES string of the molecule is COc1c(N[C@H]2CC(=O)C(=O)[C@H](Cc3ccccc3)[C@H](OC(=O)C(C)C)[C@H](C)C(=O)C2=O)cnc(C)c1OC(=O)CCCCCCCCC(=O)O. The molecule has 0 amide bonds. The van der Waals surface area contributed by atoms with Crippen LogP contribution < -0.4 is 14.8 Å². The third kappa shape index (κ3) is 11.5. The molecule has 0 spiro atoms. The predicted octanol–water partition coefficient (Wildman–Crippen LogP) is 5.03. The fourth-order valence-corrected chi connectivity index (χ4v) is 5.87. The number of carbonyl (C=O) groups excluding carboxylic acids is 6. The molecular formula is C38H48N2O11. The van der Waals surface area contributed by atoms with E-state index in [4.69, 9.17) is 19.3 Å². The van der Waals surface area contributed by atoms with Gasteiger partial charge in [-0.25, -0.2) is 0 Å². The lowest BCUT2D eigenvalue weighted by Crippen LogP contribution is -2.45. The van der Waals surface area contributed by atoms with Gasteiger partial charge in [0.1, 0.15) is 12.1 Å². The van der Waals surface area contributed by atoms with Crippen molar-refractivity contribution in [2.45, 2.75) is 104 Å². The number of hydrogen-bond donors (Lipinski definition) is 2. The van der Waals surface area contributed by atoms with Crippen LogP contribution in [-0.4, -0.2) is 70.4 Å². The minimum atomic E-state index is -1.51. The van der Waals surface area contributed by atoms with Gasteiger partial charge >= 0.3 is 17.9 Å². The van der Waals surface area contributed by atoms with E-state index in [0.29, 0.717) is 24.1 Å². The van der Waals surface area contributed by atoms with Gasteiger partial charge < -0.3 is 24.6 Å². The number of carbonyl (C=O) groups is 7. The van der Waals surface area contributed by atoms with Gasteiger partial charge in [0, 0.05) is 19.3 Å². The first-order chi connectivity index (χ1) is 24.2. The third-order valence-corrected chi connectivity index (χ3v) is 8.82. The zero-order chi connectivity index (χ0) is 37.7. The van der Waals surface area contributed by atoms with E-state index < -0.39 is 77.4 Å². The molecule has 1 heterocycles. The number of carboxylic acids is 1. The Morgan fingerprint density at radius 1 is 0.902 bits per heavy atom. The number of aryl methyl sites for hydroxylation is 1. The van der Waals surface area contributed by atoms with E-state index in [1.165, 1.54) is 20.2 Å². The van der Waals surface area contributed by atoms with E-state index in [9.17, 15) is 33.6 Å². The Kier molecular flexibility index (Phi) is 15.4. The first-order valence-electron chi connectivity index (χ1n) is 17.4. The number of ether oxygens (including phenoxy) is 3. The van der Waals surface area contributed by atoms with E-state index in [-0.39, 0.29) is 36.4 Å². The molecule has 4 atom stereocenters. The highest BCUT2D eigenvalue weighted by atomic mass is 16.6. The number of methoxy groups -OCH3 is 1. The summed E-state index contributed by atoms with van der Waals surface area (Å²) in [6.45, 7) is 6.19. The molecular weight excluding hydrogens is 660 g/mol. The molecule has 1 fully saturated rings. The van der Waals surface area contributed by atoms with Crippen LogP contribution in [0, 0.1) is 24.7 Å². The summed E-state index contributed by atoms with van der Waals surface area (Å²) < 4.78 is 16.9. The third-order valence-electron chi connectivity index (χ3n) is 8.82. The van der Waals surface area contributed by atoms with Crippen LogP contribution in [0.15, 0.2) is 36.5 Å². The first-order valence-corrected chi connectivity index (χ1v) is 17.4. The van der Waals surface area contributed by atoms with E-state index in [0.717, 1.165) is 25.7 Å². The molecule has 0 saturated heterocycles. The average Bonchev–Trinajstić information content (AvgIpc) is 3.12. The molecule has 13 heteroatoms. The molecule has 1 aliphatic carbocycles. The van der Waals surface area contributed by atoms with Gasteiger partial charge in [0.05, 0.1) is 42.4 Å². The number of aliphatic carboxylic acids is 1. The zero-order valence-electron chi connectivity index (χ0n) is 29.9. The highest BCUT2D eigenvalue weighted by Crippen LogP contribution is 2.38. The minimum Gasteiger partial charge on any atom is -0.491 e. The van der Waals surface area contributed by atoms with Gasteiger partial charge in [-0.2, -0.15) is 0 Å². The van der Waals surface area contributed by atoms with Crippen molar-refractivity contribution in [3.8, 4) is 11.5 Å². The number of aromatic nitrogens is 1. The van der Waals surface area contributed by atoms with Crippen molar-refractivity contribution in [2.24, 2.45) is 17.8 Å². The number of nitrogens with zero attached hydrogens (tertiary/aromatic N) is 1. The first kappa shape index (κ1) is 40.5. The average molecular weight is 709 g/mol. The number of pyridine rings is 1. The van der Waals surface area contributed by atoms with Crippen LogP contribution in [0.4, 0.5) is 5.69 Å². The second-order valence-electron chi connectivity index (χ2n) is 13.2. The second kappa shape index (κ2) is 19.5. The molecule has 3 rings (SSSR count). The number of esters is 2. The number of unbranched alkanes of at least 4 members (excludes halogenated alkanes) is 5. The van der Waals surface area contributed by atoms with E-state index in [1.807, 2.05) is 0 Å². The zero-order valence-corrected chi connectivity index (χ0v) is 29.9. The molecule has 2 aromatic rings. The standard InChI is InChI=1S/C38H48N2O11/c1-22(2)38(48)51-35-23(3)32(45)34(47)27(20-29(41)33(46)26(35)19-25-15-11-10-12-16-25)40-28-21-39-24(4)36(37(28)49-5)50-31(44)18-14-9-7-6-8-13-17-30(42)43/h10-12,15-16,21-23,26-27,35,40H,6-9,13-14,17-20H2,1-5H3,(H,42,43)/t23-,26+,27+,35-/m1/s1. The van der Waals surface area contributed by atoms with Crippen molar-refractivity contribution < 1.29 is 52.9 Å². The van der Waals surface area contributed by atoms with Crippen molar-refractivity contribution in [3.63, 3.8) is 0 Å². The highest BCUT2D eigenvalue weighted by molar-refractivity contribution is 6.44. The number of ketones is 4. The summed E-state index contributed by atoms with van der Waals surface area (Å²) in [5.41, 5.74) is 1.04. The number of nitrogens with one attached hydrogen (secondary N) is 1. The maximum atomic E-state index is 13.8. The molecule has 1 aliphatic rings. The van der Waals surface area contributed by atoms with Crippen LogP contribution in [0.1, 0.15) is 89.8 Å². The number of hydrogen-bond acceptors (Lipinski definition) is 12. The Morgan fingerprint density at radius 2 is 1.53 bits per heavy atom. The van der Waals surface area contributed by atoms with Crippen LogP contribution in [0.3, 0.4) is 0 Å². The summed E-state index contributed by atoms with van der Waals surface area (Å²) in [6.07, 6.45) is 3.93. The normalized spacial score (nSPS) is 19.6. The van der Waals surface area contributed by atoms with Crippen molar-refractivity contribution >= 4 is 46.7 Å². The van der Waals surface area contributed by atoms with Gasteiger partial charge in [-0.05, 0) is 31.7 Å². The summed E-state index contributed by atoms with van der Waals surface area (Å²) in [6, 6.07) is 7.30. The Hall–Kier alpha value is -4.94. The van der Waals surface area contributed by atoms with E-state index >= 15 is 0 Å². The smallest absolute Gasteiger partial charge is 0.311 e. The number of benzene rings is 1. The van der Waals surface area contributed by atoms with Gasteiger partial charge in [0.2, 0.25) is 23.1 Å². The fraction of sp³-hybridized carbons (Fsp3) is 0.526. The maximum absolute atomic E-state index is 13.8. The van der Waals surface area contributed by atoms with Crippen LogP contribution >= 0.6 is 0 Å². The summed E-state index contributed by atoms with van der Waals surface area (Å²) >= 11 is 0. The summed E-state index contributed by atoms with van der Waals surface area (Å²) in [5.74, 6) is -8.84. The Labute approximate surface area is 297 Å². The lowest BCUT2D eigenvalue weighted by molar-refractivity contribution is -0.163. The van der Waals surface area contributed by atoms with Crippen molar-refractivity contribution in [1.29, 1.82) is 0 Å². The lowest BCUT2D eigenvalue weighted by atomic mass is 9.81. The number of carboxylic acid groups (broad SMARTS) is 1. The molecule has 0 aliphatic heterocycles. The fourth-order valence-electron chi connectivity index (χ4n) is 5.87. The van der Waals surface area contributed by atoms with Gasteiger partial charge in [-0.15, -0.1) is 0 Å². The summed E-state index contributed by atoms with van der Waals surface area (Å²) in [4.78, 5) is 95.3. The van der Waals surface area contributed by atoms with Crippen molar-refractivity contribution in [1.82, 2.24) is 4.98 Å². The van der Waals surface area contributed by atoms with Gasteiger partial charge in [-0.1, -0.05) is 76.8 Å². The van der Waals surface area contributed by atoms with E-state index in [1.54, 1.807) is 51.1 Å². The molecule has 13 nitrogen and oxygen atoms in total. The molecule has 0 radical (unpaired) electrons. The summed E-state index contributed by atoms with van der Waals surface area (Å²) in [5, 5.41) is 11.6.